The topological polar surface area (TPSA) is 129 Å². The number of carboxylic acids is 1. The van der Waals surface area contributed by atoms with E-state index in [1.54, 1.807) is 42.6 Å². The van der Waals surface area contributed by atoms with Crippen LogP contribution in [-0.2, 0) is 0 Å². The van der Waals surface area contributed by atoms with Crippen molar-refractivity contribution in [3.63, 3.8) is 0 Å². The Bertz CT molecular complexity index is 2670. The molecule has 8 nitrogen and oxygen atoms in total. The second-order valence-corrected chi connectivity index (χ2v) is 11.9. The van der Waals surface area contributed by atoms with Gasteiger partial charge in [-0.05, 0) is 101 Å². The lowest BCUT2D eigenvalue weighted by Gasteiger charge is -2.08. The first kappa shape index (κ1) is 33.9. The van der Waals surface area contributed by atoms with Crippen LogP contribution in [0.5, 0.6) is 5.75 Å². The first-order valence-electron chi connectivity index (χ1n) is 16.3. The zero-order chi connectivity index (χ0) is 36.9. The largest absolute Gasteiger partial charge is 0.507 e. The second-order valence-electron chi connectivity index (χ2n) is 11.9. The average Bonchev–Trinajstić information content (AvgIpc) is 3.17. The Morgan fingerprint density at radius 2 is 1.38 bits per heavy atom. The molecule has 1 heterocycles. The third-order valence-corrected chi connectivity index (χ3v) is 8.36. The molecule has 0 radical (unpaired) electrons. The Kier molecular flexibility index (Phi) is 9.42. The van der Waals surface area contributed by atoms with Crippen molar-refractivity contribution in [2.24, 2.45) is 4.99 Å². The third-order valence-electron chi connectivity index (χ3n) is 8.36. The number of carbonyl (C=O) groups is 2. The molecule has 0 saturated carbocycles. The van der Waals surface area contributed by atoms with Crippen LogP contribution in [0, 0.1) is 17.7 Å². The fourth-order valence-electron chi connectivity index (χ4n) is 5.54. The number of carboxylic acid groups (broad SMARTS) is 1. The molecule has 9 heteroatoms. The lowest BCUT2D eigenvalue weighted by atomic mass is 10.0. The van der Waals surface area contributed by atoms with Crippen molar-refractivity contribution in [3.05, 3.63) is 184 Å². The highest BCUT2D eigenvalue weighted by atomic mass is 19.1. The maximum absolute atomic E-state index is 14.0. The molecular formula is C44H27FN2O6. The number of aliphatic imine (C=N–C) groups is 1. The molecule has 0 atom stereocenters. The number of aromatic carboxylic acids is 1. The van der Waals surface area contributed by atoms with Gasteiger partial charge in [-0.1, -0.05) is 72.5 Å². The smallest absolute Gasteiger partial charge is 0.344 e. The van der Waals surface area contributed by atoms with Crippen LogP contribution in [0.2, 0.25) is 0 Å². The summed E-state index contributed by atoms with van der Waals surface area (Å²) in [6.45, 7) is 0. The van der Waals surface area contributed by atoms with Crippen molar-refractivity contribution >= 4 is 40.4 Å². The first-order valence-corrected chi connectivity index (χ1v) is 16.3. The molecule has 1 aromatic heterocycles. The van der Waals surface area contributed by atoms with E-state index in [9.17, 15) is 29.0 Å². The van der Waals surface area contributed by atoms with E-state index in [0.29, 0.717) is 28.1 Å². The first-order chi connectivity index (χ1) is 25.7. The molecule has 0 bridgehead atoms. The van der Waals surface area contributed by atoms with Crippen LogP contribution in [0.1, 0.15) is 37.4 Å². The van der Waals surface area contributed by atoms with Gasteiger partial charge < -0.3 is 19.9 Å². The molecule has 0 aliphatic heterocycles. The minimum absolute atomic E-state index is 0.0618. The molecule has 3 N–H and O–H groups in total. The predicted molar refractivity (Wildman–Crippen MR) is 202 cm³/mol. The van der Waals surface area contributed by atoms with Crippen molar-refractivity contribution in [1.82, 2.24) is 0 Å². The van der Waals surface area contributed by atoms with Gasteiger partial charge in [0.25, 0.3) is 5.91 Å². The summed E-state index contributed by atoms with van der Waals surface area (Å²) in [6, 6.07) is 39.1. The number of carbonyl (C=O) groups excluding carboxylic acids is 1. The summed E-state index contributed by atoms with van der Waals surface area (Å²) in [5.74, 6) is 3.58. The fourth-order valence-corrected chi connectivity index (χ4v) is 5.54. The molecule has 0 unspecified atom stereocenters. The molecule has 53 heavy (non-hydrogen) atoms. The number of hydrogen-bond donors (Lipinski definition) is 3. The molecule has 1 amide bonds. The number of halogens is 1. The summed E-state index contributed by atoms with van der Waals surface area (Å²) in [4.78, 5) is 41.0. The highest BCUT2D eigenvalue weighted by molar-refractivity contribution is 6.04. The SMILES string of the molecule is O=C(O)c1cc(N=Cc2ccc(C#Cc3ccc(-c4ccc5cc(-c6ccc(NC(=O)c7ccccc7F)cc6)c(=O)oc5c4)cc3)cc2)ccc1O. The molecule has 0 aliphatic rings. The normalized spacial score (nSPS) is 10.9. The Morgan fingerprint density at radius 1 is 0.717 bits per heavy atom. The summed E-state index contributed by atoms with van der Waals surface area (Å²) in [5, 5.41) is 22.3. The van der Waals surface area contributed by atoms with Gasteiger partial charge in [0.05, 0.1) is 16.8 Å². The Morgan fingerprint density at radius 3 is 2.08 bits per heavy atom. The zero-order valence-corrected chi connectivity index (χ0v) is 27.7. The van der Waals surface area contributed by atoms with Crippen LogP contribution >= 0.6 is 0 Å². The second kappa shape index (κ2) is 14.7. The van der Waals surface area contributed by atoms with E-state index in [4.69, 9.17) is 4.42 Å². The number of benzene rings is 6. The molecule has 0 aliphatic carbocycles. The number of hydrogen-bond acceptors (Lipinski definition) is 6. The number of amides is 1. The van der Waals surface area contributed by atoms with Gasteiger partial charge in [-0.15, -0.1) is 0 Å². The van der Waals surface area contributed by atoms with Crippen molar-refractivity contribution in [3.8, 4) is 39.8 Å². The van der Waals surface area contributed by atoms with Gasteiger partial charge >= 0.3 is 11.6 Å². The number of anilines is 1. The van der Waals surface area contributed by atoms with E-state index < -0.39 is 23.3 Å². The van der Waals surface area contributed by atoms with Crippen LogP contribution in [0.3, 0.4) is 0 Å². The number of phenols is 1. The number of aromatic hydroxyl groups is 1. The standard InChI is InChI=1S/C44H27FN2O6/c45-39-4-2-1-3-36(39)42(49)47-34-19-17-31(18-20-34)37-23-33-16-15-32(24-41(33)53-44(37)52)30-13-11-28(12-14-30)6-5-27-7-9-29(10-8-27)26-46-35-21-22-40(48)38(25-35)43(50)51/h1-4,7-26,48H,(H,47,49)(H,50,51). The highest BCUT2D eigenvalue weighted by Gasteiger charge is 2.13. The summed E-state index contributed by atoms with van der Waals surface area (Å²) >= 11 is 0. The summed E-state index contributed by atoms with van der Waals surface area (Å²) < 4.78 is 19.7. The van der Waals surface area contributed by atoms with Crippen molar-refractivity contribution < 1.29 is 28.6 Å². The summed E-state index contributed by atoms with van der Waals surface area (Å²) in [5.41, 5.74) is 5.70. The monoisotopic (exact) mass is 698 g/mol. The van der Waals surface area contributed by atoms with Crippen LogP contribution in [0.15, 0.2) is 154 Å². The van der Waals surface area contributed by atoms with E-state index in [0.717, 1.165) is 33.2 Å². The third kappa shape index (κ3) is 7.77. The lowest BCUT2D eigenvalue weighted by Crippen LogP contribution is -2.13. The lowest BCUT2D eigenvalue weighted by molar-refractivity contribution is 0.0693. The molecule has 0 fully saturated rings. The Hall–Kier alpha value is -7.57. The number of nitrogens with one attached hydrogen (secondary N) is 1. The van der Waals surface area contributed by atoms with Gasteiger partial charge in [-0.2, -0.15) is 0 Å². The Balaban J connectivity index is 1.01. The molecule has 7 aromatic rings. The summed E-state index contributed by atoms with van der Waals surface area (Å²) in [7, 11) is 0. The average molecular weight is 699 g/mol. The number of rotatable bonds is 7. The zero-order valence-electron chi connectivity index (χ0n) is 27.7. The highest BCUT2D eigenvalue weighted by Crippen LogP contribution is 2.28. The van der Waals surface area contributed by atoms with Crippen molar-refractivity contribution in [2.45, 2.75) is 0 Å². The van der Waals surface area contributed by atoms with E-state index in [-0.39, 0.29) is 16.9 Å². The van der Waals surface area contributed by atoms with Gasteiger partial charge in [0.1, 0.15) is 22.7 Å². The maximum atomic E-state index is 14.0. The van der Waals surface area contributed by atoms with Crippen LogP contribution < -0.4 is 10.9 Å². The van der Waals surface area contributed by atoms with E-state index in [1.165, 1.54) is 36.4 Å². The molecule has 7 rings (SSSR count). The molecule has 0 saturated heterocycles. The number of fused-ring (bicyclic) bond motifs is 1. The van der Waals surface area contributed by atoms with E-state index >= 15 is 0 Å². The van der Waals surface area contributed by atoms with Gasteiger partial charge in [0.2, 0.25) is 0 Å². The van der Waals surface area contributed by atoms with Gasteiger partial charge in [0.15, 0.2) is 0 Å². The van der Waals surface area contributed by atoms with Crippen LogP contribution in [0.25, 0.3) is 33.2 Å². The molecule has 6 aromatic carbocycles. The fraction of sp³-hybridized carbons (Fsp3) is 0. The quantitative estimate of drug-likeness (QED) is 0.0866. The van der Waals surface area contributed by atoms with Gasteiger partial charge in [-0.25, -0.2) is 14.0 Å². The van der Waals surface area contributed by atoms with E-state index in [1.807, 2.05) is 66.7 Å². The summed E-state index contributed by atoms with van der Waals surface area (Å²) in [6.07, 6.45) is 1.60. The minimum atomic E-state index is -1.23. The van der Waals surface area contributed by atoms with Gasteiger partial charge in [-0.3, -0.25) is 9.79 Å². The van der Waals surface area contributed by atoms with Crippen molar-refractivity contribution in [1.29, 1.82) is 0 Å². The van der Waals surface area contributed by atoms with Gasteiger partial charge in [0, 0.05) is 28.4 Å². The Labute approximate surface area is 302 Å². The molecule has 0 spiro atoms. The molecular weight excluding hydrogens is 671 g/mol. The van der Waals surface area contributed by atoms with Crippen LogP contribution in [-0.4, -0.2) is 28.3 Å². The molecule has 256 valence electrons. The minimum Gasteiger partial charge on any atom is -0.507 e. The maximum Gasteiger partial charge on any atom is 0.344 e. The number of nitrogens with zero attached hydrogens (tertiary/aromatic N) is 1. The van der Waals surface area contributed by atoms with E-state index in [2.05, 4.69) is 22.2 Å². The van der Waals surface area contributed by atoms with Crippen molar-refractivity contribution in [2.75, 3.05) is 5.32 Å². The predicted octanol–water partition coefficient (Wildman–Crippen LogP) is 9.07. The van der Waals surface area contributed by atoms with Crippen LogP contribution in [0.4, 0.5) is 15.8 Å².